The summed E-state index contributed by atoms with van der Waals surface area (Å²) in [5, 5.41) is 0. The van der Waals surface area contributed by atoms with Gasteiger partial charge in [-0.25, -0.2) is 0 Å². The van der Waals surface area contributed by atoms with Gasteiger partial charge in [-0.15, -0.1) is 0 Å². The van der Waals surface area contributed by atoms with Crippen LogP contribution in [0.2, 0.25) is 0 Å². The van der Waals surface area contributed by atoms with E-state index in [-0.39, 0.29) is 21.9 Å². The fraction of sp³-hybridized carbons (Fsp3) is 0.571. The lowest BCUT2D eigenvalue weighted by Gasteiger charge is -2.63. The van der Waals surface area contributed by atoms with Gasteiger partial charge in [0.2, 0.25) is 5.91 Å². The average Bonchev–Trinajstić information content (AvgIpc) is 3.05. The monoisotopic (exact) mass is 412 g/mol. The van der Waals surface area contributed by atoms with Crippen LogP contribution in [0.1, 0.15) is 24.8 Å². The second-order valence-electron chi connectivity index (χ2n) is 8.85. The number of alkyl halides is 1. The molecule has 1 amide bonds. The third-order valence-electron chi connectivity index (χ3n) is 8.28. The fourth-order valence-electron chi connectivity index (χ4n) is 7.53. The molecule has 6 aliphatic rings. The van der Waals surface area contributed by atoms with Crippen LogP contribution in [0.3, 0.4) is 0 Å². The minimum absolute atomic E-state index is 0.0156. The van der Waals surface area contributed by atoms with Crippen LogP contribution in [0.25, 0.3) is 0 Å². The second-order valence-corrected chi connectivity index (χ2v) is 10.1. The van der Waals surface area contributed by atoms with Crippen molar-refractivity contribution >= 4 is 27.5 Å². The Morgan fingerprint density at radius 3 is 3.08 bits per heavy atom. The zero-order valence-electron chi connectivity index (χ0n) is 14.5. The number of rotatable bonds is 0. The van der Waals surface area contributed by atoms with Crippen molar-refractivity contribution in [1.82, 2.24) is 4.90 Å². The molecule has 0 N–H and O–H groups in total. The van der Waals surface area contributed by atoms with Crippen molar-refractivity contribution in [3.63, 3.8) is 0 Å². The molecule has 1 aromatic carbocycles. The summed E-state index contributed by atoms with van der Waals surface area (Å²) < 4.78 is 5.93. The molecule has 5 heteroatoms. The average molecular weight is 413 g/mol. The minimum atomic E-state index is -0.351. The molecule has 4 fully saturated rings. The maximum absolute atomic E-state index is 13.4. The third-order valence-corrected chi connectivity index (χ3v) is 9.87. The summed E-state index contributed by atoms with van der Waals surface area (Å²) in [5.74, 6) is 1.08. The number of para-hydroxylation sites is 1. The molecular formula is C21H21BrN2O2. The molecule has 2 bridgehead atoms. The van der Waals surface area contributed by atoms with Crippen LogP contribution in [0, 0.1) is 11.8 Å². The first-order valence-corrected chi connectivity index (χ1v) is 10.6. The van der Waals surface area contributed by atoms with Gasteiger partial charge < -0.3 is 4.74 Å². The van der Waals surface area contributed by atoms with Crippen LogP contribution in [0.4, 0.5) is 5.69 Å². The Kier molecular flexibility index (Phi) is 2.54. The van der Waals surface area contributed by atoms with Crippen molar-refractivity contribution in [2.45, 2.75) is 41.3 Å². The summed E-state index contributed by atoms with van der Waals surface area (Å²) in [4.78, 5) is 18.2. The molecule has 134 valence electrons. The van der Waals surface area contributed by atoms with Gasteiger partial charge in [0.15, 0.2) is 0 Å². The number of benzene rings is 1. The zero-order valence-corrected chi connectivity index (χ0v) is 16.1. The lowest BCUT2D eigenvalue weighted by molar-refractivity contribution is -0.134. The fourth-order valence-corrected chi connectivity index (χ4v) is 9.21. The summed E-state index contributed by atoms with van der Waals surface area (Å²) >= 11 is 4.29. The number of fused-ring (bicyclic) bond motifs is 2. The molecule has 1 aliphatic carbocycles. The van der Waals surface area contributed by atoms with E-state index in [0.29, 0.717) is 30.9 Å². The number of anilines is 1. The van der Waals surface area contributed by atoms with Crippen molar-refractivity contribution in [3.8, 4) is 0 Å². The first-order valence-electron chi connectivity index (χ1n) is 9.82. The highest BCUT2D eigenvalue weighted by molar-refractivity contribution is 9.10. The quantitative estimate of drug-likeness (QED) is 0.373. The van der Waals surface area contributed by atoms with Gasteiger partial charge in [0.05, 0.1) is 19.1 Å². The highest BCUT2D eigenvalue weighted by Gasteiger charge is 2.77. The topological polar surface area (TPSA) is 32.8 Å². The molecule has 1 saturated carbocycles. The van der Waals surface area contributed by atoms with E-state index < -0.39 is 0 Å². The smallest absolute Gasteiger partial charge is 0.230 e. The highest BCUT2D eigenvalue weighted by atomic mass is 79.9. The minimum Gasteiger partial charge on any atom is -0.373 e. The van der Waals surface area contributed by atoms with E-state index in [9.17, 15) is 4.79 Å². The molecule has 0 radical (unpaired) electrons. The van der Waals surface area contributed by atoms with E-state index in [4.69, 9.17) is 4.74 Å². The van der Waals surface area contributed by atoms with Crippen LogP contribution in [-0.2, 0) is 14.9 Å². The standard InChI is InChI=1S/C21H21BrN2O2/c22-21-19-13-9-17-20(21)6-7-23(17)11-12(13)5-8-26-16(19)10-18(25)24(21)15-4-2-1-3-14(15)20/h1-5,13,16-17,19H,6-11H2/t13-,16?,17-,19+,20+,21?/m0/s1. The van der Waals surface area contributed by atoms with Gasteiger partial charge in [-0.1, -0.05) is 45.8 Å². The van der Waals surface area contributed by atoms with Crippen molar-refractivity contribution in [2.24, 2.45) is 11.8 Å². The molecule has 3 saturated heterocycles. The number of halogens is 1. The number of carbonyl (C=O) groups excluding carboxylic acids is 1. The Balaban J connectivity index is 1.60. The van der Waals surface area contributed by atoms with Crippen LogP contribution >= 0.6 is 15.9 Å². The summed E-state index contributed by atoms with van der Waals surface area (Å²) in [6.07, 6.45) is 5.18. The maximum atomic E-state index is 13.4. The Hall–Kier alpha value is -1.17. The predicted octanol–water partition coefficient (Wildman–Crippen LogP) is 2.82. The molecule has 26 heavy (non-hydrogen) atoms. The van der Waals surface area contributed by atoms with Gasteiger partial charge in [0, 0.05) is 29.6 Å². The number of nitrogens with zero attached hydrogens (tertiary/aromatic N) is 2. The van der Waals surface area contributed by atoms with Gasteiger partial charge in [-0.05, 0) is 36.9 Å². The van der Waals surface area contributed by atoms with Gasteiger partial charge >= 0.3 is 0 Å². The molecule has 6 atom stereocenters. The van der Waals surface area contributed by atoms with Gasteiger partial charge in [0.1, 0.15) is 4.45 Å². The maximum Gasteiger partial charge on any atom is 0.230 e. The molecule has 0 aromatic heterocycles. The van der Waals surface area contributed by atoms with Crippen LogP contribution < -0.4 is 4.90 Å². The summed E-state index contributed by atoms with van der Waals surface area (Å²) in [5.41, 5.74) is 4.05. The molecule has 2 unspecified atom stereocenters. The van der Waals surface area contributed by atoms with Gasteiger partial charge in [-0.2, -0.15) is 0 Å². The Bertz CT molecular complexity index is 900. The first-order chi connectivity index (χ1) is 12.7. The van der Waals surface area contributed by atoms with E-state index in [1.54, 1.807) is 5.57 Å². The van der Waals surface area contributed by atoms with Gasteiger partial charge in [0.25, 0.3) is 0 Å². The van der Waals surface area contributed by atoms with Crippen molar-refractivity contribution in [2.75, 3.05) is 24.6 Å². The van der Waals surface area contributed by atoms with Crippen molar-refractivity contribution in [3.05, 3.63) is 41.5 Å². The lowest BCUT2D eigenvalue weighted by atomic mass is 9.53. The lowest BCUT2D eigenvalue weighted by Crippen LogP contribution is -2.74. The van der Waals surface area contributed by atoms with E-state index in [0.717, 1.165) is 25.2 Å². The first kappa shape index (κ1) is 14.8. The Labute approximate surface area is 161 Å². The van der Waals surface area contributed by atoms with E-state index in [2.05, 4.69) is 56.1 Å². The SMILES string of the molecule is O=C1CC2OCC=C3CN4CC[C@]56c7ccccc7N1C5(Br)[C@@H]2[C@H]3C[C@H]46. The third kappa shape index (κ3) is 1.32. The number of carbonyl (C=O) groups is 1. The molecule has 1 spiro atoms. The zero-order chi connectivity index (χ0) is 17.3. The molecule has 5 aliphatic heterocycles. The second kappa shape index (κ2) is 4.45. The molecule has 1 aromatic rings. The molecule has 4 nitrogen and oxygen atoms in total. The molecular weight excluding hydrogens is 392 g/mol. The van der Waals surface area contributed by atoms with E-state index in [1.807, 2.05) is 0 Å². The number of ether oxygens (including phenoxy) is 1. The Morgan fingerprint density at radius 2 is 2.15 bits per heavy atom. The number of piperidine rings is 2. The molecule has 7 rings (SSSR count). The van der Waals surface area contributed by atoms with E-state index in [1.165, 1.54) is 12.0 Å². The summed E-state index contributed by atoms with van der Waals surface area (Å²) in [6, 6.07) is 9.18. The van der Waals surface area contributed by atoms with E-state index >= 15 is 0 Å². The van der Waals surface area contributed by atoms with Crippen molar-refractivity contribution in [1.29, 1.82) is 0 Å². The number of hydrogen-bond acceptors (Lipinski definition) is 3. The van der Waals surface area contributed by atoms with Crippen molar-refractivity contribution < 1.29 is 9.53 Å². The molecule has 5 heterocycles. The van der Waals surface area contributed by atoms with Crippen LogP contribution in [0.15, 0.2) is 35.9 Å². The summed E-state index contributed by atoms with van der Waals surface area (Å²) in [6.45, 7) is 2.86. The normalized spacial score (nSPS) is 47.5. The van der Waals surface area contributed by atoms with Gasteiger partial charge in [-0.3, -0.25) is 14.6 Å². The Morgan fingerprint density at radius 1 is 1.27 bits per heavy atom. The highest BCUT2D eigenvalue weighted by Crippen LogP contribution is 2.72. The number of hydrogen-bond donors (Lipinski definition) is 0. The van der Waals surface area contributed by atoms with Crippen LogP contribution in [0.5, 0.6) is 0 Å². The predicted molar refractivity (Wildman–Crippen MR) is 101 cm³/mol. The van der Waals surface area contributed by atoms with Crippen LogP contribution in [-0.4, -0.2) is 47.1 Å². The number of amides is 1. The summed E-state index contributed by atoms with van der Waals surface area (Å²) in [7, 11) is 0. The largest absolute Gasteiger partial charge is 0.373 e.